The third-order valence-electron chi connectivity index (χ3n) is 3.92. The summed E-state index contributed by atoms with van der Waals surface area (Å²) in [5.41, 5.74) is 1.27. The van der Waals surface area contributed by atoms with Crippen LogP contribution in [0, 0.1) is 5.92 Å². The molecule has 4 heteroatoms. The van der Waals surface area contributed by atoms with Gasteiger partial charge in [-0.2, -0.15) is 0 Å². The highest BCUT2D eigenvalue weighted by molar-refractivity contribution is 5.89. The number of rotatable bonds is 4. The number of carboxylic acids is 1. The zero-order chi connectivity index (χ0) is 13.8. The lowest BCUT2D eigenvalue weighted by molar-refractivity contribution is -0.00753. The van der Waals surface area contributed by atoms with Gasteiger partial charge in [0.05, 0.1) is 11.7 Å². The van der Waals surface area contributed by atoms with E-state index in [0.717, 1.165) is 25.1 Å². The molecule has 1 heterocycles. The topological polar surface area (TPSA) is 49.8 Å². The Morgan fingerprint density at radius 3 is 2.89 bits per heavy atom. The number of carbonyl (C=O) groups is 1. The van der Waals surface area contributed by atoms with Crippen molar-refractivity contribution in [1.29, 1.82) is 0 Å². The van der Waals surface area contributed by atoms with Crippen LogP contribution in [-0.4, -0.2) is 42.3 Å². The lowest BCUT2D eigenvalue weighted by Gasteiger charge is -2.36. The Kier molecular flexibility index (Phi) is 4.56. The van der Waals surface area contributed by atoms with Crippen LogP contribution < -0.4 is 0 Å². The molecule has 2 atom stereocenters. The van der Waals surface area contributed by atoms with E-state index >= 15 is 0 Å². The van der Waals surface area contributed by atoms with Crippen LogP contribution in [0.1, 0.15) is 29.3 Å². The summed E-state index contributed by atoms with van der Waals surface area (Å²) in [7, 11) is 1.75. The number of benzene rings is 1. The van der Waals surface area contributed by atoms with Gasteiger partial charge in [0.1, 0.15) is 0 Å². The molecule has 0 spiro atoms. The van der Waals surface area contributed by atoms with Crippen molar-refractivity contribution in [1.82, 2.24) is 4.90 Å². The summed E-state index contributed by atoms with van der Waals surface area (Å²) in [6.45, 7) is 4.74. The first-order valence-electron chi connectivity index (χ1n) is 6.68. The zero-order valence-electron chi connectivity index (χ0n) is 11.5. The molecule has 104 valence electrons. The van der Waals surface area contributed by atoms with Gasteiger partial charge in [0.2, 0.25) is 0 Å². The molecule has 1 N–H and O–H groups in total. The summed E-state index contributed by atoms with van der Waals surface area (Å²) in [6.07, 6.45) is 1.33. The van der Waals surface area contributed by atoms with Crippen molar-refractivity contribution in [3.8, 4) is 0 Å². The summed E-state index contributed by atoms with van der Waals surface area (Å²) in [6, 6.07) is 7.21. The predicted octanol–water partition coefficient (Wildman–Crippen LogP) is 2.24. The van der Waals surface area contributed by atoms with Gasteiger partial charge in [-0.25, -0.2) is 4.79 Å². The van der Waals surface area contributed by atoms with Crippen LogP contribution >= 0.6 is 0 Å². The summed E-state index contributed by atoms with van der Waals surface area (Å²) in [4.78, 5) is 13.5. The minimum absolute atomic E-state index is 0.241. The fraction of sp³-hybridized carbons (Fsp3) is 0.533. The molecule has 0 aliphatic carbocycles. The van der Waals surface area contributed by atoms with Gasteiger partial charge in [-0.15, -0.1) is 0 Å². The summed E-state index contributed by atoms with van der Waals surface area (Å²) >= 11 is 0. The lowest BCUT2D eigenvalue weighted by atomic mass is 9.95. The van der Waals surface area contributed by atoms with Gasteiger partial charge in [-0.3, -0.25) is 4.90 Å². The SMILES string of the molecule is COC1CN(Cc2ccccc2C(=O)O)CCC1C. The third kappa shape index (κ3) is 3.33. The van der Waals surface area contributed by atoms with Crippen LogP contribution in [-0.2, 0) is 11.3 Å². The monoisotopic (exact) mass is 263 g/mol. The van der Waals surface area contributed by atoms with Crippen molar-refractivity contribution in [2.45, 2.75) is 26.0 Å². The number of hydrogen-bond acceptors (Lipinski definition) is 3. The first-order chi connectivity index (χ1) is 9.11. The summed E-state index contributed by atoms with van der Waals surface area (Å²) in [5, 5.41) is 9.19. The predicted molar refractivity (Wildman–Crippen MR) is 73.3 cm³/mol. The molecule has 1 fully saturated rings. The molecule has 4 nitrogen and oxygen atoms in total. The van der Waals surface area contributed by atoms with E-state index in [1.807, 2.05) is 12.1 Å². The molecule has 0 aromatic heterocycles. The molecule has 0 amide bonds. The van der Waals surface area contributed by atoms with Crippen molar-refractivity contribution in [2.75, 3.05) is 20.2 Å². The van der Waals surface area contributed by atoms with Gasteiger partial charge in [0.15, 0.2) is 0 Å². The minimum Gasteiger partial charge on any atom is -0.478 e. The Hall–Kier alpha value is -1.39. The fourth-order valence-corrected chi connectivity index (χ4v) is 2.66. The van der Waals surface area contributed by atoms with E-state index in [-0.39, 0.29) is 6.10 Å². The second-order valence-electron chi connectivity index (χ2n) is 5.24. The van der Waals surface area contributed by atoms with Crippen molar-refractivity contribution >= 4 is 5.97 Å². The molecule has 1 aliphatic heterocycles. The summed E-state index contributed by atoms with van der Waals surface area (Å²) < 4.78 is 5.49. The van der Waals surface area contributed by atoms with Gasteiger partial charge in [0, 0.05) is 20.2 Å². The van der Waals surface area contributed by atoms with Crippen LogP contribution in [0.3, 0.4) is 0 Å². The Bertz CT molecular complexity index is 447. The van der Waals surface area contributed by atoms with E-state index in [4.69, 9.17) is 4.74 Å². The van der Waals surface area contributed by atoms with E-state index in [2.05, 4.69) is 11.8 Å². The number of carboxylic acid groups (broad SMARTS) is 1. The maximum atomic E-state index is 11.2. The molecule has 2 unspecified atom stereocenters. The normalized spacial score (nSPS) is 24.3. The number of ether oxygens (including phenoxy) is 1. The number of piperidine rings is 1. The molecule has 1 saturated heterocycles. The molecular weight excluding hydrogens is 242 g/mol. The van der Waals surface area contributed by atoms with E-state index < -0.39 is 5.97 Å². The number of methoxy groups -OCH3 is 1. The highest BCUT2D eigenvalue weighted by Crippen LogP contribution is 2.22. The first-order valence-corrected chi connectivity index (χ1v) is 6.68. The quantitative estimate of drug-likeness (QED) is 0.905. The molecule has 1 aliphatic rings. The number of likely N-dealkylation sites (tertiary alicyclic amines) is 1. The third-order valence-corrected chi connectivity index (χ3v) is 3.92. The minimum atomic E-state index is -0.857. The van der Waals surface area contributed by atoms with Crippen LogP contribution in [0.15, 0.2) is 24.3 Å². The van der Waals surface area contributed by atoms with Crippen molar-refractivity contribution < 1.29 is 14.6 Å². The van der Waals surface area contributed by atoms with Gasteiger partial charge in [0.25, 0.3) is 0 Å². The van der Waals surface area contributed by atoms with E-state index in [1.165, 1.54) is 0 Å². The van der Waals surface area contributed by atoms with Crippen molar-refractivity contribution in [3.63, 3.8) is 0 Å². The Labute approximate surface area is 114 Å². The first kappa shape index (κ1) is 14.0. The van der Waals surface area contributed by atoms with Gasteiger partial charge in [-0.05, 0) is 30.5 Å². The Morgan fingerprint density at radius 1 is 1.47 bits per heavy atom. The van der Waals surface area contributed by atoms with Crippen molar-refractivity contribution in [2.24, 2.45) is 5.92 Å². The van der Waals surface area contributed by atoms with E-state index in [0.29, 0.717) is 18.0 Å². The van der Waals surface area contributed by atoms with Gasteiger partial charge in [-0.1, -0.05) is 25.1 Å². The number of hydrogen-bond donors (Lipinski definition) is 1. The maximum Gasteiger partial charge on any atom is 0.336 e. The molecule has 2 rings (SSSR count). The number of nitrogens with zero attached hydrogens (tertiary/aromatic N) is 1. The average molecular weight is 263 g/mol. The highest BCUT2D eigenvalue weighted by Gasteiger charge is 2.26. The van der Waals surface area contributed by atoms with Gasteiger partial charge >= 0.3 is 5.97 Å². The molecule has 1 aromatic carbocycles. The van der Waals surface area contributed by atoms with Crippen molar-refractivity contribution in [3.05, 3.63) is 35.4 Å². The largest absolute Gasteiger partial charge is 0.478 e. The van der Waals surface area contributed by atoms with E-state index in [9.17, 15) is 9.90 Å². The fourth-order valence-electron chi connectivity index (χ4n) is 2.66. The molecule has 0 radical (unpaired) electrons. The Balaban J connectivity index is 2.07. The van der Waals surface area contributed by atoms with Crippen LogP contribution in [0.25, 0.3) is 0 Å². The van der Waals surface area contributed by atoms with E-state index in [1.54, 1.807) is 19.2 Å². The maximum absolute atomic E-state index is 11.2. The smallest absolute Gasteiger partial charge is 0.336 e. The number of aromatic carboxylic acids is 1. The molecule has 0 saturated carbocycles. The lowest BCUT2D eigenvalue weighted by Crippen LogP contribution is -2.43. The van der Waals surface area contributed by atoms with Crippen LogP contribution in [0.4, 0.5) is 0 Å². The summed E-state index contributed by atoms with van der Waals surface area (Å²) in [5.74, 6) is -0.291. The average Bonchev–Trinajstić information content (AvgIpc) is 2.41. The molecule has 19 heavy (non-hydrogen) atoms. The van der Waals surface area contributed by atoms with Crippen LogP contribution in [0.2, 0.25) is 0 Å². The second-order valence-corrected chi connectivity index (χ2v) is 5.24. The molecule has 0 bridgehead atoms. The molecular formula is C15H21NO3. The van der Waals surface area contributed by atoms with Crippen LogP contribution in [0.5, 0.6) is 0 Å². The standard InChI is InChI=1S/C15H21NO3/c1-11-7-8-16(10-14(11)19-2)9-12-5-3-4-6-13(12)15(17)18/h3-6,11,14H,7-10H2,1-2H3,(H,17,18). The highest BCUT2D eigenvalue weighted by atomic mass is 16.5. The Morgan fingerprint density at radius 2 is 2.21 bits per heavy atom. The zero-order valence-corrected chi connectivity index (χ0v) is 11.5. The van der Waals surface area contributed by atoms with Gasteiger partial charge < -0.3 is 9.84 Å². The molecule has 1 aromatic rings. The second kappa shape index (κ2) is 6.17.